The van der Waals surface area contributed by atoms with Crippen LogP contribution in [0.15, 0.2) is 48.0 Å². The SMILES string of the molecule is CC(C)N1CC=C(c2cn(N)c3ccc(C(=O)c4cccs4)cc23)CC1. The van der Waals surface area contributed by atoms with Crippen LogP contribution < -0.4 is 5.84 Å². The molecule has 2 aromatic heterocycles. The highest BCUT2D eigenvalue weighted by Gasteiger charge is 2.19. The van der Waals surface area contributed by atoms with Crippen molar-refractivity contribution in [2.75, 3.05) is 18.9 Å². The van der Waals surface area contributed by atoms with Crippen molar-refractivity contribution in [3.63, 3.8) is 0 Å². The third kappa shape index (κ3) is 2.97. The van der Waals surface area contributed by atoms with Gasteiger partial charge in [-0.05, 0) is 55.5 Å². The standard InChI is InChI=1S/C21H23N3OS/c1-14(2)23-9-7-15(8-10-23)18-13-24(22)19-6-5-16(12-17(18)19)21(25)20-4-3-11-26-20/h3-7,11-14H,8-10,22H2,1-2H3. The molecule has 0 radical (unpaired) electrons. The normalized spacial score (nSPS) is 15.6. The fourth-order valence-electron chi connectivity index (χ4n) is 3.60. The van der Waals surface area contributed by atoms with Crippen LogP contribution in [0.1, 0.15) is 41.1 Å². The van der Waals surface area contributed by atoms with Crippen LogP contribution in [0.5, 0.6) is 0 Å². The molecule has 0 bridgehead atoms. The lowest BCUT2D eigenvalue weighted by Crippen LogP contribution is -2.34. The molecule has 1 aliphatic heterocycles. The van der Waals surface area contributed by atoms with E-state index >= 15 is 0 Å². The van der Waals surface area contributed by atoms with Gasteiger partial charge in [-0.15, -0.1) is 11.3 Å². The van der Waals surface area contributed by atoms with Gasteiger partial charge in [-0.1, -0.05) is 12.1 Å². The van der Waals surface area contributed by atoms with Gasteiger partial charge < -0.3 is 5.84 Å². The minimum Gasteiger partial charge on any atom is -0.339 e. The predicted octanol–water partition coefficient (Wildman–Crippen LogP) is 4.15. The lowest BCUT2D eigenvalue weighted by Gasteiger charge is -2.29. The molecule has 4 rings (SSSR count). The second-order valence-corrected chi connectivity index (χ2v) is 8.00. The Kier molecular flexibility index (Phi) is 4.42. The number of rotatable bonds is 4. The number of nitrogens with zero attached hydrogens (tertiary/aromatic N) is 2. The Morgan fingerprint density at radius 3 is 2.77 bits per heavy atom. The molecule has 2 N–H and O–H groups in total. The summed E-state index contributed by atoms with van der Waals surface area (Å²) < 4.78 is 1.67. The lowest BCUT2D eigenvalue weighted by atomic mass is 9.97. The highest BCUT2D eigenvalue weighted by Crippen LogP contribution is 2.32. The topological polar surface area (TPSA) is 51.3 Å². The Labute approximate surface area is 157 Å². The van der Waals surface area contributed by atoms with Gasteiger partial charge in [0.05, 0.1) is 10.4 Å². The number of ketones is 1. The molecule has 0 atom stereocenters. The van der Waals surface area contributed by atoms with E-state index in [9.17, 15) is 4.79 Å². The van der Waals surface area contributed by atoms with E-state index in [1.807, 2.05) is 41.9 Å². The van der Waals surface area contributed by atoms with Gasteiger partial charge in [0.25, 0.3) is 0 Å². The maximum Gasteiger partial charge on any atom is 0.202 e. The average molecular weight is 366 g/mol. The van der Waals surface area contributed by atoms with Gasteiger partial charge in [0, 0.05) is 41.8 Å². The Morgan fingerprint density at radius 2 is 2.12 bits per heavy atom. The molecule has 3 aromatic rings. The van der Waals surface area contributed by atoms with E-state index in [4.69, 9.17) is 5.84 Å². The van der Waals surface area contributed by atoms with E-state index in [2.05, 4.69) is 24.8 Å². The number of nitrogen functional groups attached to an aromatic ring is 1. The van der Waals surface area contributed by atoms with Gasteiger partial charge in [-0.2, -0.15) is 0 Å². The zero-order chi connectivity index (χ0) is 18.3. The van der Waals surface area contributed by atoms with Gasteiger partial charge in [-0.25, -0.2) is 0 Å². The van der Waals surface area contributed by atoms with Gasteiger partial charge in [0.15, 0.2) is 0 Å². The van der Waals surface area contributed by atoms with Crippen LogP contribution in [-0.2, 0) is 0 Å². The number of fused-ring (bicyclic) bond motifs is 1. The van der Waals surface area contributed by atoms with Crippen molar-refractivity contribution in [1.82, 2.24) is 9.58 Å². The number of thiophene rings is 1. The number of hydrogen-bond donors (Lipinski definition) is 1. The van der Waals surface area contributed by atoms with E-state index in [1.165, 1.54) is 16.9 Å². The van der Waals surface area contributed by atoms with Crippen LogP contribution in [0.3, 0.4) is 0 Å². The molecule has 0 spiro atoms. The van der Waals surface area contributed by atoms with Crippen molar-refractivity contribution < 1.29 is 4.79 Å². The number of carbonyl (C=O) groups is 1. The summed E-state index contributed by atoms with van der Waals surface area (Å²) in [5, 5.41) is 2.99. The van der Waals surface area contributed by atoms with Crippen LogP contribution >= 0.6 is 11.3 Å². The molecule has 0 aliphatic carbocycles. The average Bonchev–Trinajstić information content (AvgIpc) is 3.29. The monoisotopic (exact) mass is 365 g/mol. The van der Waals surface area contributed by atoms with Crippen molar-refractivity contribution in [2.45, 2.75) is 26.3 Å². The Balaban J connectivity index is 1.74. The molecule has 0 saturated heterocycles. The Hall–Kier alpha value is -2.37. The molecule has 3 heterocycles. The summed E-state index contributed by atoms with van der Waals surface area (Å²) >= 11 is 1.48. The molecule has 1 aromatic carbocycles. The second-order valence-electron chi connectivity index (χ2n) is 7.06. The first-order valence-corrected chi connectivity index (χ1v) is 9.84. The highest BCUT2D eigenvalue weighted by molar-refractivity contribution is 7.12. The van der Waals surface area contributed by atoms with E-state index in [-0.39, 0.29) is 5.78 Å². The highest BCUT2D eigenvalue weighted by atomic mass is 32.1. The smallest absolute Gasteiger partial charge is 0.202 e. The van der Waals surface area contributed by atoms with Crippen LogP contribution in [0.25, 0.3) is 16.5 Å². The van der Waals surface area contributed by atoms with E-state index in [0.717, 1.165) is 40.9 Å². The van der Waals surface area contributed by atoms with E-state index in [1.54, 1.807) is 4.68 Å². The Morgan fingerprint density at radius 1 is 1.27 bits per heavy atom. The van der Waals surface area contributed by atoms with Crippen molar-refractivity contribution in [3.05, 3.63) is 64.0 Å². The van der Waals surface area contributed by atoms with Gasteiger partial charge >= 0.3 is 0 Å². The fraction of sp³-hybridized carbons (Fsp3) is 0.286. The molecule has 134 valence electrons. The van der Waals surface area contributed by atoms with Gasteiger partial charge in [0.2, 0.25) is 5.78 Å². The summed E-state index contributed by atoms with van der Waals surface area (Å²) in [5.74, 6) is 6.25. The fourth-order valence-corrected chi connectivity index (χ4v) is 4.29. The number of carbonyl (C=O) groups excluding carboxylic acids is 1. The first kappa shape index (κ1) is 17.1. The van der Waals surface area contributed by atoms with E-state index < -0.39 is 0 Å². The third-order valence-corrected chi connectivity index (χ3v) is 6.03. The summed E-state index contributed by atoms with van der Waals surface area (Å²) in [6, 6.07) is 10.1. The molecule has 1 aliphatic rings. The van der Waals surface area contributed by atoms with Crippen LogP contribution in [0.2, 0.25) is 0 Å². The molecule has 0 unspecified atom stereocenters. The summed E-state index contributed by atoms with van der Waals surface area (Å²) in [5.41, 5.74) is 4.13. The van der Waals surface area contributed by atoms with Crippen molar-refractivity contribution in [3.8, 4) is 0 Å². The molecule has 0 saturated carbocycles. The zero-order valence-corrected chi connectivity index (χ0v) is 15.9. The molecule has 26 heavy (non-hydrogen) atoms. The number of nitrogens with two attached hydrogens (primary N) is 1. The number of benzene rings is 1. The molecule has 5 heteroatoms. The molecular formula is C21H23N3OS. The first-order chi connectivity index (χ1) is 12.5. The van der Waals surface area contributed by atoms with Crippen molar-refractivity contribution in [1.29, 1.82) is 0 Å². The van der Waals surface area contributed by atoms with Gasteiger partial charge in [0.1, 0.15) is 0 Å². The minimum atomic E-state index is 0.0706. The molecule has 0 fully saturated rings. The Bertz CT molecular complexity index is 982. The summed E-state index contributed by atoms with van der Waals surface area (Å²) in [7, 11) is 0. The maximum atomic E-state index is 12.7. The number of aromatic nitrogens is 1. The third-order valence-electron chi connectivity index (χ3n) is 5.16. The van der Waals surface area contributed by atoms with Crippen LogP contribution in [0.4, 0.5) is 0 Å². The van der Waals surface area contributed by atoms with Gasteiger partial charge in [-0.3, -0.25) is 14.4 Å². The second kappa shape index (κ2) is 6.74. The zero-order valence-electron chi connectivity index (χ0n) is 15.1. The maximum absolute atomic E-state index is 12.7. The lowest BCUT2D eigenvalue weighted by molar-refractivity contribution is 0.104. The first-order valence-electron chi connectivity index (χ1n) is 8.96. The van der Waals surface area contributed by atoms with Crippen molar-refractivity contribution in [2.24, 2.45) is 0 Å². The largest absolute Gasteiger partial charge is 0.339 e. The number of hydrogen-bond acceptors (Lipinski definition) is 4. The summed E-state index contributed by atoms with van der Waals surface area (Å²) in [4.78, 5) is 15.9. The summed E-state index contributed by atoms with van der Waals surface area (Å²) in [6.45, 7) is 6.47. The summed E-state index contributed by atoms with van der Waals surface area (Å²) in [6.07, 6.45) is 5.29. The minimum absolute atomic E-state index is 0.0706. The van der Waals surface area contributed by atoms with Crippen molar-refractivity contribution >= 4 is 33.6 Å². The van der Waals surface area contributed by atoms with Crippen LogP contribution in [0, 0.1) is 0 Å². The quantitative estimate of drug-likeness (QED) is 0.558. The molecule has 4 nitrogen and oxygen atoms in total. The molecule has 0 amide bonds. The van der Waals surface area contributed by atoms with E-state index in [0.29, 0.717) is 11.6 Å². The predicted molar refractivity (Wildman–Crippen MR) is 109 cm³/mol. The molecular weight excluding hydrogens is 342 g/mol. The van der Waals surface area contributed by atoms with Crippen LogP contribution in [-0.4, -0.2) is 34.5 Å².